The third kappa shape index (κ3) is 5.45. The van der Waals surface area contributed by atoms with E-state index in [1.54, 1.807) is 25.0 Å². The maximum absolute atomic E-state index is 11.0. The van der Waals surface area contributed by atoms with Gasteiger partial charge < -0.3 is 27.0 Å². The van der Waals surface area contributed by atoms with Gasteiger partial charge in [-0.2, -0.15) is 0 Å². The minimum atomic E-state index is -0.519. The van der Waals surface area contributed by atoms with Crippen LogP contribution in [0.2, 0.25) is 6.82 Å². The van der Waals surface area contributed by atoms with E-state index in [0.29, 0.717) is 24.3 Å². The van der Waals surface area contributed by atoms with Crippen LogP contribution in [0.5, 0.6) is 0 Å². The van der Waals surface area contributed by atoms with Crippen LogP contribution in [0.1, 0.15) is 10.4 Å². The average Bonchev–Trinajstić information content (AvgIpc) is 2.34. The predicted molar refractivity (Wildman–Crippen MR) is 78.8 cm³/mol. The number of hydrogen-bond donors (Lipinski definition) is 5. The lowest BCUT2D eigenvalue weighted by atomic mass is 9.89. The zero-order chi connectivity index (χ0) is 14.3. The molecule has 19 heavy (non-hydrogen) atoms. The van der Waals surface area contributed by atoms with Crippen LogP contribution in [0.25, 0.3) is 0 Å². The summed E-state index contributed by atoms with van der Waals surface area (Å²) in [4.78, 5) is 11.0. The van der Waals surface area contributed by atoms with E-state index in [1.165, 1.54) is 0 Å². The molecular formula is C12H19BN4O2. The summed E-state index contributed by atoms with van der Waals surface area (Å²) in [7, 11) is -0.519. The largest absolute Gasteiger partial charge is 0.437 e. The van der Waals surface area contributed by atoms with Crippen molar-refractivity contribution in [3.05, 3.63) is 35.9 Å². The van der Waals surface area contributed by atoms with Crippen molar-refractivity contribution in [2.45, 2.75) is 6.82 Å². The Bertz CT molecular complexity index is 463. The van der Waals surface area contributed by atoms with Crippen molar-refractivity contribution in [3.63, 3.8) is 0 Å². The molecule has 0 bridgehead atoms. The normalized spacial score (nSPS) is 10.6. The van der Waals surface area contributed by atoms with Gasteiger partial charge in [0.1, 0.15) is 0 Å². The van der Waals surface area contributed by atoms with Gasteiger partial charge in [-0.1, -0.05) is 12.2 Å². The molecule has 6 nitrogen and oxygen atoms in total. The number of primary amides is 1. The molecule has 0 aliphatic heterocycles. The van der Waals surface area contributed by atoms with Crippen molar-refractivity contribution in [3.8, 4) is 0 Å². The third-order valence-corrected chi connectivity index (χ3v) is 2.44. The highest BCUT2D eigenvalue weighted by atomic mass is 16.2. The first-order valence-corrected chi connectivity index (χ1v) is 6.00. The fourth-order valence-corrected chi connectivity index (χ4v) is 1.45. The minimum absolute atomic E-state index is 0.389. The predicted octanol–water partition coefficient (Wildman–Crippen LogP) is 0.0357. The number of nitrogens with one attached hydrogen (secondary N) is 2. The fourth-order valence-electron chi connectivity index (χ4n) is 1.45. The first kappa shape index (κ1) is 15.1. The van der Waals surface area contributed by atoms with Crippen LogP contribution in [-0.2, 0) is 0 Å². The van der Waals surface area contributed by atoms with Crippen molar-refractivity contribution < 1.29 is 9.82 Å². The lowest BCUT2D eigenvalue weighted by Crippen LogP contribution is -2.30. The minimum Gasteiger partial charge on any atom is -0.437 e. The second kappa shape index (κ2) is 7.45. The Labute approximate surface area is 113 Å². The molecule has 0 aliphatic rings. The van der Waals surface area contributed by atoms with Gasteiger partial charge in [0.15, 0.2) is 0 Å². The van der Waals surface area contributed by atoms with Gasteiger partial charge in [-0.3, -0.25) is 4.79 Å². The average molecular weight is 262 g/mol. The van der Waals surface area contributed by atoms with Gasteiger partial charge in [0, 0.05) is 18.7 Å². The highest BCUT2D eigenvalue weighted by Crippen LogP contribution is 2.19. The van der Waals surface area contributed by atoms with Crippen LogP contribution >= 0.6 is 0 Å². The van der Waals surface area contributed by atoms with Gasteiger partial charge in [0.25, 0.3) is 0 Å². The summed E-state index contributed by atoms with van der Waals surface area (Å²) in [5.74, 6) is -0.498. The fraction of sp³-hybridized carbons (Fsp3) is 0.250. The molecule has 0 unspecified atom stereocenters. The van der Waals surface area contributed by atoms with Crippen LogP contribution < -0.4 is 22.0 Å². The molecule has 0 aromatic heterocycles. The van der Waals surface area contributed by atoms with Crippen LogP contribution in [0.4, 0.5) is 11.4 Å². The third-order valence-electron chi connectivity index (χ3n) is 2.44. The SMILES string of the molecule is CB(O)NC/C=C/CNc1ccc(C(N)=O)cc1N. The number of nitrogen functional groups attached to an aromatic ring is 1. The Hall–Kier alpha value is -1.99. The molecule has 0 atom stereocenters. The van der Waals surface area contributed by atoms with E-state index in [-0.39, 0.29) is 0 Å². The zero-order valence-corrected chi connectivity index (χ0v) is 10.9. The number of benzene rings is 1. The maximum atomic E-state index is 11.0. The molecule has 102 valence electrons. The molecular weight excluding hydrogens is 243 g/mol. The Balaban J connectivity index is 2.43. The standard InChI is InChI=1S/C12H19BN4O2/c1-13(19)17-7-3-2-6-16-11-5-4-9(12(15)18)8-10(11)14/h2-5,8,16-17,19H,6-7,14H2,1H3,(H2,15,18)/b3-2+. The number of carbonyl (C=O) groups is 1. The van der Waals surface area contributed by atoms with Crippen molar-refractivity contribution in [2.24, 2.45) is 5.73 Å². The number of carbonyl (C=O) groups excluding carboxylic acids is 1. The van der Waals surface area contributed by atoms with Crippen molar-refractivity contribution >= 4 is 24.3 Å². The molecule has 1 aromatic rings. The molecule has 0 spiro atoms. The summed E-state index contributed by atoms with van der Waals surface area (Å²) < 4.78 is 0. The second-order valence-corrected chi connectivity index (χ2v) is 4.10. The summed E-state index contributed by atoms with van der Waals surface area (Å²) in [5, 5.41) is 14.9. The highest BCUT2D eigenvalue weighted by molar-refractivity contribution is 6.45. The zero-order valence-electron chi connectivity index (χ0n) is 10.9. The van der Waals surface area contributed by atoms with Gasteiger partial charge in [-0.05, 0) is 25.0 Å². The summed E-state index contributed by atoms with van der Waals surface area (Å²) >= 11 is 0. The van der Waals surface area contributed by atoms with E-state index < -0.39 is 13.0 Å². The summed E-state index contributed by atoms with van der Waals surface area (Å²) in [6.45, 7) is 2.85. The van der Waals surface area contributed by atoms with Crippen LogP contribution in [0.15, 0.2) is 30.4 Å². The summed E-state index contributed by atoms with van der Waals surface area (Å²) in [6, 6.07) is 4.89. The van der Waals surface area contributed by atoms with Crippen LogP contribution in [0.3, 0.4) is 0 Å². The molecule has 7 heteroatoms. The van der Waals surface area contributed by atoms with Gasteiger partial charge in [0.05, 0.1) is 11.4 Å². The van der Waals surface area contributed by atoms with E-state index in [9.17, 15) is 4.79 Å². The molecule has 1 aromatic carbocycles. The van der Waals surface area contributed by atoms with E-state index in [4.69, 9.17) is 16.5 Å². The van der Waals surface area contributed by atoms with E-state index in [0.717, 1.165) is 5.69 Å². The van der Waals surface area contributed by atoms with Gasteiger partial charge >= 0.3 is 7.05 Å². The molecule has 0 fully saturated rings. The number of amides is 1. The van der Waals surface area contributed by atoms with E-state index in [2.05, 4.69) is 10.5 Å². The lowest BCUT2D eigenvalue weighted by molar-refractivity contribution is 0.100. The van der Waals surface area contributed by atoms with Crippen molar-refractivity contribution in [1.82, 2.24) is 5.23 Å². The Morgan fingerprint density at radius 2 is 2.11 bits per heavy atom. The first-order chi connectivity index (χ1) is 9.00. The molecule has 0 radical (unpaired) electrons. The molecule has 0 saturated heterocycles. The molecule has 7 N–H and O–H groups in total. The number of rotatable bonds is 7. The number of hydrogen-bond acceptors (Lipinski definition) is 5. The Morgan fingerprint density at radius 1 is 1.42 bits per heavy atom. The smallest absolute Gasteiger partial charge is 0.373 e. The van der Waals surface area contributed by atoms with Crippen LogP contribution in [-0.4, -0.2) is 31.1 Å². The maximum Gasteiger partial charge on any atom is 0.373 e. The summed E-state index contributed by atoms with van der Waals surface area (Å²) in [5.41, 5.74) is 12.6. The topological polar surface area (TPSA) is 113 Å². The number of nitrogens with two attached hydrogens (primary N) is 2. The molecule has 1 amide bonds. The Morgan fingerprint density at radius 3 is 2.68 bits per heavy atom. The van der Waals surface area contributed by atoms with E-state index >= 15 is 0 Å². The lowest BCUT2D eigenvalue weighted by Gasteiger charge is -2.08. The first-order valence-electron chi connectivity index (χ1n) is 6.00. The Kier molecular flexibility index (Phi) is 5.91. The monoisotopic (exact) mass is 262 g/mol. The molecule has 0 saturated carbocycles. The second-order valence-electron chi connectivity index (χ2n) is 4.10. The summed E-state index contributed by atoms with van der Waals surface area (Å²) in [6.07, 6.45) is 3.81. The van der Waals surface area contributed by atoms with Gasteiger partial charge in [-0.15, -0.1) is 0 Å². The van der Waals surface area contributed by atoms with Gasteiger partial charge in [0.2, 0.25) is 5.91 Å². The molecule has 1 rings (SSSR count). The van der Waals surface area contributed by atoms with Gasteiger partial charge in [-0.25, -0.2) is 0 Å². The highest BCUT2D eigenvalue weighted by Gasteiger charge is 2.03. The van der Waals surface area contributed by atoms with Crippen molar-refractivity contribution in [2.75, 3.05) is 24.1 Å². The quantitative estimate of drug-likeness (QED) is 0.270. The number of anilines is 2. The van der Waals surface area contributed by atoms with Crippen molar-refractivity contribution in [1.29, 1.82) is 0 Å². The molecule has 0 heterocycles. The van der Waals surface area contributed by atoms with Crippen LogP contribution in [0, 0.1) is 0 Å². The van der Waals surface area contributed by atoms with E-state index in [1.807, 2.05) is 12.2 Å². The molecule has 0 aliphatic carbocycles.